The molecule has 1 aromatic rings. The Morgan fingerprint density at radius 1 is 1.30 bits per heavy atom. The Bertz CT molecular complexity index is 674. The van der Waals surface area contributed by atoms with Crippen molar-refractivity contribution in [3.8, 4) is 0 Å². The molecule has 0 spiro atoms. The summed E-state index contributed by atoms with van der Waals surface area (Å²) in [5.41, 5.74) is 0.586. The number of sulfonamides is 1. The van der Waals surface area contributed by atoms with E-state index in [9.17, 15) is 17.6 Å². The van der Waals surface area contributed by atoms with E-state index in [-0.39, 0.29) is 17.5 Å². The summed E-state index contributed by atoms with van der Waals surface area (Å²) >= 11 is 0. The van der Waals surface area contributed by atoms with Gasteiger partial charge in [0.25, 0.3) is 0 Å². The Hall–Kier alpha value is -1.51. The first-order chi connectivity index (χ1) is 10.7. The number of hydrogen-bond acceptors (Lipinski definition) is 4. The monoisotopic (exact) mass is 344 g/mol. The fourth-order valence-corrected chi connectivity index (χ4v) is 4.22. The molecule has 1 fully saturated rings. The highest BCUT2D eigenvalue weighted by molar-refractivity contribution is 7.89. The van der Waals surface area contributed by atoms with Crippen molar-refractivity contribution in [2.45, 2.75) is 37.6 Å². The summed E-state index contributed by atoms with van der Waals surface area (Å²) in [5, 5.41) is 8.76. The predicted octanol–water partition coefficient (Wildman–Crippen LogP) is 1.27. The summed E-state index contributed by atoms with van der Waals surface area (Å²) in [4.78, 5) is 12.5. The van der Waals surface area contributed by atoms with Crippen molar-refractivity contribution < 1.29 is 22.7 Å². The fourth-order valence-electron chi connectivity index (χ4n) is 2.75. The number of aryl methyl sites for hydroxylation is 2. The molecular formula is C15H21FN2O4S. The maximum Gasteiger partial charge on any atom is 0.317 e. The average Bonchev–Trinajstić information content (AvgIpc) is 2.45. The molecule has 0 aromatic heterocycles. The van der Waals surface area contributed by atoms with Crippen LogP contribution < -0.4 is 4.72 Å². The molecule has 0 bridgehead atoms. The van der Waals surface area contributed by atoms with Crippen molar-refractivity contribution in [2.75, 3.05) is 19.6 Å². The second kappa shape index (κ2) is 6.94. The molecule has 8 heteroatoms. The van der Waals surface area contributed by atoms with Gasteiger partial charge in [-0.05, 0) is 49.9 Å². The van der Waals surface area contributed by atoms with Gasteiger partial charge in [0.05, 0.1) is 11.4 Å². The topological polar surface area (TPSA) is 86.7 Å². The van der Waals surface area contributed by atoms with Crippen LogP contribution in [0.3, 0.4) is 0 Å². The lowest BCUT2D eigenvalue weighted by molar-refractivity contribution is -0.138. The van der Waals surface area contributed by atoms with Crippen LogP contribution in [-0.4, -0.2) is 50.1 Å². The number of piperidine rings is 1. The van der Waals surface area contributed by atoms with Crippen LogP contribution in [0.1, 0.15) is 24.0 Å². The van der Waals surface area contributed by atoms with Gasteiger partial charge < -0.3 is 5.11 Å². The molecule has 23 heavy (non-hydrogen) atoms. The summed E-state index contributed by atoms with van der Waals surface area (Å²) in [6, 6.07) is 2.41. The number of carboxylic acids is 1. The highest BCUT2D eigenvalue weighted by Crippen LogP contribution is 2.20. The molecule has 0 amide bonds. The van der Waals surface area contributed by atoms with E-state index in [1.165, 1.54) is 26.0 Å². The zero-order valence-corrected chi connectivity index (χ0v) is 14.0. The van der Waals surface area contributed by atoms with E-state index < -0.39 is 21.8 Å². The fraction of sp³-hybridized carbons (Fsp3) is 0.533. The van der Waals surface area contributed by atoms with Gasteiger partial charge >= 0.3 is 5.97 Å². The quantitative estimate of drug-likeness (QED) is 0.840. The first-order valence-electron chi connectivity index (χ1n) is 7.42. The van der Waals surface area contributed by atoms with Crippen LogP contribution in [0.15, 0.2) is 17.0 Å². The number of hydrogen-bond donors (Lipinski definition) is 2. The standard InChI is InChI=1S/C15H21FN2O4S/c1-10-7-13(8-11(2)15(10)16)23(21,22)17-12-3-5-18(6-4-12)9-14(19)20/h7-8,12,17H,3-6,9H2,1-2H3,(H,19,20). The van der Waals surface area contributed by atoms with Crippen molar-refractivity contribution in [1.82, 2.24) is 9.62 Å². The second-order valence-electron chi connectivity index (χ2n) is 5.94. The average molecular weight is 344 g/mol. The largest absolute Gasteiger partial charge is 0.480 e. The molecule has 0 saturated carbocycles. The molecule has 0 atom stereocenters. The van der Waals surface area contributed by atoms with E-state index in [2.05, 4.69) is 4.72 Å². The van der Waals surface area contributed by atoms with Crippen LogP contribution in [-0.2, 0) is 14.8 Å². The van der Waals surface area contributed by atoms with Crippen LogP contribution in [0.4, 0.5) is 4.39 Å². The van der Waals surface area contributed by atoms with Gasteiger partial charge in [-0.1, -0.05) is 0 Å². The lowest BCUT2D eigenvalue weighted by Gasteiger charge is -2.31. The van der Waals surface area contributed by atoms with Crippen LogP contribution in [0.25, 0.3) is 0 Å². The number of nitrogens with zero attached hydrogens (tertiary/aromatic N) is 1. The van der Waals surface area contributed by atoms with Gasteiger partial charge in [0.1, 0.15) is 5.82 Å². The lowest BCUT2D eigenvalue weighted by Crippen LogP contribution is -2.45. The Morgan fingerprint density at radius 2 is 1.83 bits per heavy atom. The number of carboxylic acid groups (broad SMARTS) is 1. The second-order valence-corrected chi connectivity index (χ2v) is 7.65. The molecule has 0 aliphatic carbocycles. The summed E-state index contributed by atoms with van der Waals surface area (Å²) in [6.45, 7) is 4.09. The predicted molar refractivity (Wildman–Crippen MR) is 83.3 cm³/mol. The molecule has 2 rings (SSSR count). The van der Waals surface area contributed by atoms with Crippen LogP contribution in [0.5, 0.6) is 0 Å². The van der Waals surface area contributed by atoms with Crippen molar-refractivity contribution >= 4 is 16.0 Å². The van der Waals surface area contributed by atoms with E-state index in [1.807, 2.05) is 0 Å². The highest BCUT2D eigenvalue weighted by atomic mass is 32.2. The molecule has 6 nitrogen and oxygen atoms in total. The number of benzene rings is 1. The highest BCUT2D eigenvalue weighted by Gasteiger charge is 2.26. The number of carbonyl (C=O) groups is 1. The summed E-state index contributed by atoms with van der Waals surface area (Å²) in [7, 11) is -3.71. The number of nitrogens with one attached hydrogen (secondary N) is 1. The summed E-state index contributed by atoms with van der Waals surface area (Å²) in [6.07, 6.45) is 1.09. The maximum atomic E-state index is 13.6. The minimum absolute atomic E-state index is 0.0319. The zero-order chi connectivity index (χ0) is 17.2. The lowest BCUT2D eigenvalue weighted by atomic mass is 10.1. The molecule has 0 unspecified atom stereocenters. The van der Waals surface area contributed by atoms with Gasteiger partial charge in [-0.25, -0.2) is 17.5 Å². The van der Waals surface area contributed by atoms with E-state index >= 15 is 0 Å². The van der Waals surface area contributed by atoms with Gasteiger partial charge in [-0.2, -0.15) is 0 Å². The minimum atomic E-state index is -3.71. The Morgan fingerprint density at radius 3 is 2.30 bits per heavy atom. The van der Waals surface area contributed by atoms with Crippen LogP contribution >= 0.6 is 0 Å². The zero-order valence-electron chi connectivity index (χ0n) is 13.2. The smallest absolute Gasteiger partial charge is 0.317 e. The molecule has 1 aliphatic heterocycles. The number of rotatable bonds is 5. The first-order valence-corrected chi connectivity index (χ1v) is 8.90. The molecule has 1 aliphatic rings. The molecule has 1 saturated heterocycles. The third-order valence-corrected chi connectivity index (χ3v) is 5.49. The van der Waals surface area contributed by atoms with Crippen molar-refractivity contribution in [2.24, 2.45) is 0 Å². The van der Waals surface area contributed by atoms with E-state index in [0.29, 0.717) is 37.1 Å². The normalized spacial score (nSPS) is 17.3. The summed E-state index contributed by atoms with van der Waals surface area (Å²) in [5.74, 6) is -1.28. The van der Waals surface area contributed by atoms with Gasteiger partial charge in [0, 0.05) is 19.1 Å². The molecule has 0 radical (unpaired) electrons. The molecule has 1 heterocycles. The SMILES string of the molecule is Cc1cc(S(=O)(=O)NC2CCN(CC(=O)O)CC2)cc(C)c1F. The van der Waals surface area contributed by atoms with Crippen molar-refractivity contribution in [3.05, 3.63) is 29.1 Å². The maximum absolute atomic E-state index is 13.6. The number of aliphatic carboxylic acids is 1. The summed E-state index contributed by atoms with van der Waals surface area (Å²) < 4.78 is 41.1. The number of likely N-dealkylation sites (tertiary alicyclic amines) is 1. The van der Waals surface area contributed by atoms with Gasteiger partial charge in [-0.15, -0.1) is 0 Å². The van der Waals surface area contributed by atoms with Gasteiger partial charge in [0.2, 0.25) is 10.0 Å². The van der Waals surface area contributed by atoms with E-state index in [1.54, 1.807) is 4.90 Å². The van der Waals surface area contributed by atoms with Gasteiger partial charge in [0.15, 0.2) is 0 Å². The Kier molecular flexibility index (Phi) is 5.38. The van der Waals surface area contributed by atoms with Gasteiger partial charge in [-0.3, -0.25) is 9.69 Å². The molecule has 2 N–H and O–H groups in total. The third kappa shape index (κ3) is 4.49. The van der Waals surface area contributed by atoms with Crippen molar-refractivity contribution in [3.63, 3.8) is 0 Å². The van der Waals surface area contributed by atoms with Crippen LogP contribution in [0.2, 0.25) is 0 Å². The van der Waals surface area contributed by atoms with Crippen molar-refractivity contribution in [1.29, 1.82) is 0 Å². The minimum Gasteiger partial charge on any atom is -0.480 e. The Labute approximate surface area is 135 Å². The van der Waals surface area contributed by atoms with Crippen LogP contribution in [0, 0.1) is 19.7 Å². The molecule has 128 valence electrons. The van der Waals surface area contributed by atoms with E-state index in [4.69, 9.17) is 5.11 Å². The third-order valence-electron chi connectivity index (χ3n) is 3.99. The number of halogens is 1. The molecular weight excluding hydrogens is 323 g/mol. The Balaban J connectivity index is 2.04. The molecule has 1 aromatic carbocycles. The first kappa shape index (κ1) is 17.8. The van der Waals surface area contributed by atoms with E-state index in [0.717, 1.165) is 0 Å².